The Hall–Kier alpha value is -1.95. The molecule has 0 spiro atoms. The quantitative estimate of drug-likeness (QED) is 0.828. The topological polar surface area (TPSA) is 60.0 Å². The number of amides is 1. The number of hydrogen-bond donors (Lipinski definition) is 1. The Bertz CT molecular complexity index is 554. The maximum atomic E-state index is 12.7. The number of piperidine rings is 1. The van der Waals surface area contributed by atoms with Gasteiger partial charge in [0.05, 0.1) is 26.9 Å². The highest BCUT2D eigenvalue weighted by atomic mass is 16.5. The van der Waals surface area contributed by atoms with Crippen LogP contribution in [-0.4, -0.2) is 57.8 Å². The van der Waals surface area contributed by atoms with Crippen molar-refractivity contribution in [1.29, 1.82) is 0 Å². The normalized spacial score (nSPS) is 15.8. The van der Waals surface area contributed by atoms with Crippen LogP contribution in [0.1, 0.15) is 36.5 Å². The smallest absolute Gasteiger partial charge is 0.255 e. The Kier molecular flexibility index (Phi) is 6.73. The van der Waals surface area contributed by atoms with Crippen molar-refractivity contribution in [1.82, 2.24) is 10.2 Å². The molecule has 0 aromatic heterocycles. The number of benzene rings is 1. The minimum Gasteiger partial charge on any atom is -0.496 e. The van der Waals surface area contributed by atoms with Crippen LogP contribution >= 0.6 is 0 Å². The van der Waals surface area contributed by atoms with Gasteiger partial charge in [0.15, 0.2) is 11.5 Å². The van der Waals surface area contributed by atoms with Gasteiger partial charge in [-0.3, -0.25) is 4.79 Å². The Morgan fingerprint density at radius 3 is 2.21 bits per heavy atom. The van der Waals surface area contributed by atoms with Gasteiger partial charge in [0.2, 0.25) is 0 Å². The second-order valence-corrected chi connectivity index (χ2v) is 6.00. The minimum atomic E-state index is -0.137. The van der Waals surface area contributed by atoms with Gasteiger partial charge in [0, 0.05) is 31.3 Å². The van der Waals surface area contributed by atoms with Crippen LogP contribution in [0.2, 0.25) is 0 Å². The van der Waals surface area contributed by atoms with Gasteiger partial charge in [-0.1, -0.05) is 6.92 Å². The van der Waals surface area contributed by atoms with Gasteiger partial charge in [-0.05, 0) is 25.8 Å². The van der Waals surface area contributed by atoms with Crippen molar-refractivity contribution in [3.63, 3.8) is 0 Å². The lowest BCUT2D eigenvalue weighted by molar-refractivity contribution is 0.0907. The summed E-state index contributed by atoms with van der Waals surface area (Å²) in [7, 11) is 4.65. The summed E-state index contributed by atoms with van der Waals surface area (Å²) in [5.41, 5.74) is 0.464. The molecule has 0 atom stereocenters. The molecule has 6 heteroatoms. The van der Waals surface area contributed by atoms with E-state index in [4.69, 9.17) is 14.2 Å². The fourth-order valence-electron chi connectivity index (χ4n) is 3.09. The van der Waals surface area contributed by atoms with Crippen LogP contribution in [-0.2, 0) is 0 Å². The van der Waals surface area contributed by atoms with Gasteiger partial charge in [0.1, 0.15) is 5.75 Å². The molecule has 1 heterocycles. The molecular weight excluding hydrogens is 308 g/mol. The van der Waals surface area contributed by atoms with Crippen molar-refractivity contribution in [3.05, 3.63) is 17.7 Å². The number of ether oxygens (including phenoxy) is 3. The zero-order chi connectivity index (χ0) is 17.5. The van der Waals surface area contributed by atoms with Crippen molar-refractivity contribution in [2.45, 2.75) is 32.2 Å². The van der Waals surface area contributed by atoms with Crippen molar-refractivity contribution in [2.75, 3.05) is 41.0 Å². The highest BCUT2D eigenvalue weighted by Crippen LogP contribution is 2.34. The van der Waals surface area contributed by atoms with E-state index < -0.39 is 0 Å². The molecule has 0 aliphatic carbocycles. The molecule has 0 bridgehead atoms. The highest BCUT2D eigenvalue weighted by molar-refractivity contribution is 5.98. The van der Waals surface area contributed by atoms with E-state index in [9.17, 15) is 4.79 Å². The van der Waals surface area contributed by atoms with E-state index in [1.165, 1.54) is 6.42 Å². The number of methoxy groups -OCH3 is 3. The fourth-order valence-corrected chi connectivity index (χ4v) is 3.09. The highest BCUT2D eigenvalue weighted by Gasteiger charge is 2.23. The standard InChI is InChI=1S/C18H28N2O4/c1-5-8-20-9-6-13(7-10-20)19-18(21)14-11-16(23-3)17(24-4)12-15(14)22-2/h11-13H,5-10H2,1-4H3,(H,19,21). The van der Waals surface area contributed by atoms with Crippen molar-refractivity contribution in [2.24, 2.45) is 0 Å². The van der Waals surface area contributed by atoms with Crippen LogP contribution in [0.5, 0.6) is 17.2 Å². The molecule has 0 radical (unpaired) electrons. The third-order valence-corrected chi connectivity index (χ3v) is 4.41. The Morgan fingerprint density at radius 2 is 1.67 bits per heavy atom. The van der Waals surface area contributed by atoms with Gasteiger partial charge in [-0.15, -0.1) is 0 Å². The molecule has 134 valence electrons. The average Bonchev–Trinajstić information content (AvgIpc) is 2.62. The third-order valence-electron chi connectivity index (χ3n) is 4.41. The Morgan fingerprint density at radius 1 is 1.08 bits per heavy atom. The predicted octanol–water partition coefficient (Wildman–Crippen LogP) is 2.32. The van der Waals surface area contributed by atoms with Gasteiger partial charge in [-0.25, -0.2) is 0 Å². The monoisotopic (exact) mass is 336 g/mol. The first kappa shape index (κ1) is 18.4. The molecule has 6 nitrogen and oxygen atoms in total. The number of nitrogens with zero attached hydrogens (tertiary/aromatic N) is 1. The van der Waals surface area contributed by atoms with E-state index in [1.807, 2.05) is 0 Å². The van der Waals surface area contributed by atoms with Crippen LogP contribution in [0.3, 0.4) is 0 Å². The molecule has 1 fully saturated rings. The first-order valence-electron chi connectivity index (χ1n) is 8.46. The average molecular weight is 336 g/mol. The number of rotatable bonds is 7. The zero-order valence-corrected chi connectivity index (χ0v) is 15.1. The maximum Gasteiger partial charge on any atom is 0.255 e. The van der Waals surface area contributed by atoms with E-state index in [1.54, 1.807) is 33.5 Å². The van der Waals surface area contributed by atoms with Gasteiger partial charge in [-0.2, -0.15) is 0 Å². The summed E-state index contributed by atoms with van der Waals surface area (Å²) in [6.07, 6.45) is 3.11. The number of carbonyl (C=O) groups is 1. The van der Waals surface area contributed by atoms with Crippen LogP contribution in [0.15, 0.2) is 12.1 Å². The summed E-state index contributed by atoms with van der Waals surface area (Å²) in [4.78, 5) is 15.1. The second kappa shape index (κ2) is 8.78. The summed E-state index contributed by atoms with van der Waals surface area (Å²) < 4.78 is 15.9. The molecular formula is C18H28N2O4. The molecule has 1 aliphatic heterocycles. The molecule has 1 aliphatic rings. The Balaban J connectivity index is 2.07. The molecule has 1 amide bonds. The van der Waals surface area contributed by atoms with E-state index >= 15 is 0 Å². The SMILES string of the molecule is CCCN1CCC(NC(=O)c2cc(OC)c(OC)cc2OC)CC1. The number of nitrogens with one attached hydrogen (secondary N) is 1. The van der Waals surface area contributed by atoms with E-state index in [2.05, 4.69) is 17.1 Å². The van der Waals surface area contributed by atoms with Crippen LogP contribution in [0, 0.1) is 0 Å². The lowest BCUT2D eigenvalue weighted by Gasteiger charge is -2.32. The van der Waals surface area contributed by atoms with Crippen molar-refractivity contribution < 1.29 is 19.0 Å². The first-order chi connectivity index (χ1) is 11.6. The van der Waals surface area contributed by atoms with Crippen LogP contribution < -0.4 is 19.5 Å². The zero-order valence-electron chi connectivity index (χ0n) is 15.1. The van der Waals surface area contributed by atoms with E-state index in [0.29, 0.717) is 22.8 Å². The largest absolute Gasteiger partial charge is 0.496 e. The van der Waals surface area contributed by atoms with E-state index in [-0.39, 0.29) is 11.9 Å². The van der Waals surface area contributed by atoms with Crippen LogP contribution in [0.25, 0.3) is 0 Å². The second-order valence-electron chi connectivity index (χ2n) is 6.00. The lowest BCUT2D eigenvalue weighted by atomic mass is 10.0. The molecule has 1 aromatic rings. The number of carbonyl (C=O) groups excluding carboxylic acids is 1. The summed E-state index contributed by atoms with van der Waals surface area (Å²) in [6, 6.07) is 3.54. The molecule has 1 aromatic carbocycles. The summed E-state index contributed by atoms with van der Waals surface area (Å²) in [5.74, 6) is 1.40. The fraction of sp³-hybridized carbons (Fsp3) is 0.611. The molecule has 0 saturated carbocycles. The summed E-state index contributed by atoms with van der Waals surface area (Å²) in [6.45, 7) is 5.38. The first-order valence-corrected chi connectivity index (χ1v) is 8.46. The summed E-state index contributed by atoms with van der Waals surface area (Å²) >= 11 is 0. The van der Waals surface area contributed by atoms with Crippen molar-refractivity contribution >= 4 is 5.91 Å². The van der Waals surface area contributed by atoms with Gasteiger partial charge >= 0.3 is 0 Å². The molecule has 0 unspecified atom stereocenters. The number of hydrogen-bond acceptors (Lipinski definition) is 5. The molecule has 2 rings (SSSR count). The minimum absolute atomic E-state index is 0.137. The third kappa shape index (κ3) is 4.32. The van der Waals surface area contributed by atoms with Crippen molar-refractivity contribution in [3.8, 4) is 17.2 Å². The van der Waals surface area contributed by atoms with Gasteiger partial charge < -0.3 is 24.4 Å². The van der Waals surface area contributed by atoms with E-state index in [0.717, 1.165) is 32.5 Å². The lowest BCUT2D eigenvalue weighted by Crippen LogP contribution is -2.44. The molecule has 1 N–H and O–H groups in total. The molecule has 24 heavy (non-hydrogen) atoms. The molecule has 1 saturated heterocycles. The Labute approximate surface area is 144 Å². The number of likely N-dealkylation sites (tertiary alicyclic amines) is 1. The summed E-state index contributed by atoms with van der Waals surface area (Å²) in [5, 5.41) is 3.12. The predicted molar refractivity (Wildman–Crippen MR) is 93.3 cm³/mol. The maximum absolute atomic E-state index is 12.7. The van der Waals surface area contributed by atoms with Gasteiger partial charge in [0.25, 0.3) is 5.91 Å². The van der Waals surface area contributed by atoms with Crippen LogP contribution in [0.4, 0.5) is 0 Å².